The van der Waals surface area contributed by atoms with Crippen LogP contribution in [-0.4, -0.2) is 18.0 Å². The average Bonchev–Trinajstić information content (AvgIpc) is 2.04. The Hall–Kier alpha value is -1.06. The average molecular weight is 185 g/mol. The highest BCUT2D eigenvalue weighted by Crippen LogP contribution is 2.20. The Bertz CT molecular complexity index is 194. The third-order valence-electron chi connectivity index (χ3n) is 2.14. The van der Waals surface area contributed by atoms with Crippen LogP contribution in [0.25, 0.3) is 0 Å². The number of ether oxygens (including phenoxy) is 1. The van der Waals surface area contributed by atoms with Crippen LogP contribution in [0.15, 0.2) is 0 Å². The molecule has 4 nitrogen and oxygen atoms in total. The number of esters is 1. The Labute approximate surface area is 76.9 Å². The van der Waals surface area contributed by atoms with E-state index in [1.54, 1.807) is 0 Å². The predicted molar refractivity (Wildman–Crippen MR) is 42.6 cm³/mol. The summed E-state index contributed by atoms with van der Waals surface area (Å²) in [7, 11) is 0. The van der Waals surface area contributed by atoms with Crippen LogP contribution in [-0.2, 0) is 14.3 Å². The van der Waals surface area contributed by atoms with Crippen molar-refractivity contribution in [1.29, 1.82) is 0 Å². The van der Waals surface area contributed by atoms with E-state index in [9.17, 15) is 14.7 Å². The maximum atomic E-state index is 10.9. The van der Waals surface area contributed by atoms with E-state index in [1.807, 2.05) is 0 Å². The molecule has 0 saturated heterocycles. The van der Waals surface area contributed by atoms with Gasteiger partial charge in [0.15, 0.2) is 0 Å². The summed E-state index contributed by atoms with van der Waals surface area (Å²) >= 11 is 0. The molecule has 0 heterocycles. The van der Waals surface area contributed by atoms with Gasteiger partial charge in [-0.15, -0.1) is 0 Å². The molecule has 0 aromatic heterocycles. The maximum Gasteiger partial charge on any atom is 0.311 e. The van der Waals surface area contributed by atoms with E-state index < -0.39 is 18.4 Å². The van der Waals surface area contributed by atoms with E-state index in [-0.39, 0.29) is 6.10 Å². The highest BCUT2D eigenvalue weighted by molar-refractivity contribution is 5.89. The number of carboxylic acid groups (broad SMARTS) is 1. The smallest absolute Gasteiger partial charge is 0.311 e. The summed E-state index contributed by atoms with van der Waals surface area (Å²) < 4.78 is 4.94. The zero-order valence-corrected chi connectivity index (χ0v) is 7.45. The van der Waals surface area contributed by atoms with Gasteiger partial charge >= 0.3 is 5.97 Å². The Morgan fingerprint density at radius 1 is 1.23 bits per heavy atom. The second kappa shape index (κ2) is 4.84. The highest BCUT2D eigenvalue weighted by Gasteiger charge is 2.17. The first-order chi connectivity index (χ1) is 6.18. The normalized spacial score (nSPS) is 18.2. The second-order valence-corrected chi connectivity index (χ2v) is 3.30. The molecular weight excluding hydrogens is 172 g/mol. The minimum absolute atomic E-state index is 0.0689. The summed E-state index contributed by atoms with van der Waals surface area (Å²) in [6.45, 7) is 0. The van der Waals surface area contributed by atoms with E-state index in [1.165, 1.54) is 6.42 Å². The van der Waals surface area contributed by atoms with Crippen molar-refractivity contribution >= 4 is 11.9 Å². The molecule has 4 heteroatoms. The van der Waals surface area contributed by atoms with Crippen molar-refractivity contribution in [3.05, 3.63) is 0 Å². The van der Waals surface area contributed by atoms with Gasteiger partial charge in [-0.1, -0.05) is 6.42 Å². The van der Waals surface area contributed by atoms with Gasteiger partial charge in [0.1, 0.15) is 6.10 Å². The number of hydrogen-bond donors (Lipinski definition) is 0. The lowest BCUT2D eigenvalue weighted by molar-refractivity contribution is -0.305. The lowest BCUT2D eigenvalue weighted by atomic mass is 9.98. The van der Waals surface area contributed by atoms with Gasteiger partial charge in [-0.2, -0.15) is 0 Å². The summed E-state index contributed by atoms with van der Waals surface area (Å²) in [5, 5.41) is 10.0. The molecule has 0 N–H and O–H groups in total. The minimum atomic E-state index is -1.37. The van der Waals surface area contributed by atoms with Crippen LogP contribution in [0.4, 0.5) is 0 Å². The molecular formula is C9H13O4-. The Balaban J connectivity index is 2.22. The van der Waals surface area contributed by atoms with E-state index in [0.717, 1.165) is 25.7 Å². The van der Waals surface area contributed by atoms with Gasteiger partial charge in [0, 0.05) is 0 Å². The van der Waals surface area contributed by atoms with E-state index >= 15 is 0 Å². The molecule has 1 saturated carbocycles. The molecule has 1 rings (SSSR count). The SMILES string of the molecule is O=C([O-])CC(=O)OC1CCCCC1. The molecule has 0 aromatic carbocycles. The van der Waals surface area contributed by atoms with Gasteiger partial charge in [-0.05, 0) is 25.7 Å². The summed E-state index contributed by atoms with van der Waals surface area (Å²) in [6, 6.07) is 0. The zero-order valence-electron chi connectivity index (χ0n) is 7.45. The molecule has 0 atom stereocenters. The summed E-state index contributed by atoms with van der Waals surface area (Å²) in [5.41, 5.74) is 0. The van der Waals surface area contributed by atoms with Crippen LogP contribution >= 0.6 is 0 Å². The number of carbonyl (C=O) groups excluding carboxylic acids is 2. The first-order valence-corrected chi connectivity index (χ1v) is 4.58. The maximum absolute atomic E-state index is 10.9. The molecule has 74 valence electrons. The van der Waals surface area contributed by atoms with Crippen molar-refractivity contribution in [1.82, 2.24) is 0 Å². The molecule has 0 amide bonds. The third-order valence-corrected chi connectivity index (χ3v) is 2.14. The molecule has 0 radical (unpaired) electrons. The van der Waals surface area contributed by atoms with Gasteiger partial charge in [0.05, 0.1) is 12.4 Å². The molecule has 13 heavy (non-hydrogen) atoms. The van der Waals surface area contributed by atoms with Crippen molar-refractivity contribution in [2.75, 3.05) is 0 Å². The van der Waals surface area contributed by atoms with Crippen LogP contribution in [0, 0.1) is 0 Å². The van der Waals surface area contributed by atoms with Gasteiger partial charge in [-0.3, -0.25) is 4.79 Å². The molecule has 0 unspecified atom stereocenters. The fraction of sp³-hybridized carbons (Fsp3) is 0.778. The molecule has 0 bridgehead atoms. The fourth-order valence-electron chi connectivity index (χ4n) is 1.53. The van der Waals surface area contributed by atoms with Gasteiger partial charge < -0.3 is 14.6 Å². The summed E-state index contributed by atoms with van der Waals surface area (Å²) in [5.74, 6) is -2.05. The number of rotatable bonds is 3. The molecule has 1 fully saturated rings. The summed E-state index contributed by atoms with van der Waals surface area (Å²) in [4.78, 5) is 20.9. The number of aliphatic carboxylic acids is 1. The molecule has 1 aliphatic rings. The zero-order chi connectivity index (χ0) is 9.68. The second-order valence-electron chi connectivity index (χ2n) is 3.30. The standard InChI is InChI=1S/C9H14O4/c10-8(11)6-9(12)13-7-4-2-1-3-5-7/h7H,1-6H2,(H,10,11)/p-1. The largest absolute Gasteiger partial charge is 0.550 e. The lowest BCUT2D eigenvalue weighted by Crippen LogP contribution is -2.29. The van der Waals surface area contributed by atoms with Crippen LogP contribution < -0.4 is 5.11 Å². The highest BCUT2D eigenvalue weighted by atomic mass is 16.5. The first-order valence-electron chi connectivity index (χ1n) is 4.58. The van der Waals surface area contributed by atoms with Crippen molar-refractivity contribution in [3.8, 4) is 0 Å². The molecule has 1 aliphatic carbocycles. The number of carboxylic acids is 1. The van der Waals surface area contributed by atoms with Gasteiger partial charge in [0.25, 0.3) is 0 Å². The van der Waals surface area contributed by atoms with Crippen LogP contribution in [0.1, 0.15) is 38.5 Å². The van der Waals surface area contributed by atoms with E-state index in [0.29, 0.717) is 0 Å². The van der Waals surface area contributed by atoms with Crippen molar-refractivity contribution in [2.45, 2.75) is 44.6 Å². The van der Waals surface area contributed by atoms with Crippen LogP contribution in [0.2, 0.25) is 0 Å². The van der Waals surface area contributed by atoms with Crippen LogP contribution in [0.3, 0.4) is 0 Å². The van der Waals surface area contributed by atoms with Gasteiger partial charge in [0.2, 0.25) is 0 Å². The van der Waals surface area contributed by atoms with Crippen molar-refractivity contribution in [2.24, 2.45) is 0 Å². The topological polar surface area (TPSA) is 66.4 Å². The van der Waals surface area contributed by atoms with Crippen molar-refractivity contribution in [3.63, 3.8) is 0 Å². The number of carbonyl (C=O) groups is 2. The Morgan fingerprint density at radius 3 is 2.38 bits per heavy atom. The Morgan fingerprint density at radius 2 is 1.85 bits per heavy atom. The first kappa shape index (κ1) is 10.0. The predicted octanol–water partition coefficient (Wildman–Crippen LogP) is 0.00230. The molecule has 0 spiro atoms. The third kappa shape index (κ3) is 3.92. The van der Waals surface area contributed by atoms with E-state index in [2.05, 4.69) is 0 Å². The Kier molecular flexibility index (Phi) is 3.73. The number of hydrogen-bond acceptors (Lipinski definition) is 4. The van der Waals surface area contributed by atoms with E-state index in [4.69, 9.17) is 4.74 Å². The molecule has 0 aromatic rings. The van der Waals surface area contributed by atoms with Gasteiger partial charge in [-0.25, -0.2) is 0 Å². The lowest BCUT2D eigenvalue weighted by Gasteiger charge is -2.21. The molecule has 0 aliphatic heterocycles. The van der Waals surface area contributed by atoms with Crippen LogP contribution in [0.5, 0.6) is 0 Å². The van der Waals surface area contributed by atoms with Crippen molar-refractivity contribution < 1.29 is 19.4 Å². The quantitative estimate of drug-likeness (QED) is 0.458. The fourth-order valence-corrected chi connectivity index (χ4v) is 1.53. The summed E-state index contributed by atoms with van der Waals surface area (Å²) in [6.07, 6.45) is 4.32. The minimum Gasteiger partial charge on any atom is -0.550 e. The monoisotopic (exact) mass is 185 g/mol.